The molecule has 0 fully saturated rings. The van der Waals surface area contributed by atoms with Crippen LogP contribution in [0.5, 0.6) is 0 Å². The number of anilines is 1. The number of carboxylic acid groups (broad SMARTS) is 1. The number of aliphatic carboxylic acids is 1. The van der Waals surface area contributed by atoms with Gasteiger partial charge in [0.1, 0.15) is 11.6 Å². The van der Waals surface area contributed by atoms with Crippen LogP contribution in [0.4, 0.5) is 10.5 Å². The van der Waals surface area contributed by atoms with E-state index in [4.69, 9.17) is 4.74 Å². The fourth-order valence-electron chi connectivity index (χ4n) is 3.21. The first-order valence-electron chi connectivity index (χ1n) is 10.5. The molecule has 1 atom stereocenters. The van der Waals surface area contributed by atoms with Crippen LogP contribution in [0, 0.1) is 0 Å². The van der Waals surface area contributed by atoms with Crippen molar-refractivity contribution in [2.24, 2.45) is 0 Å². The van der Waals surface area contributed by atoms with E-state index in [-0.39, 0.29) is 6.42 Å². The molecule has 1 heterocycles. The molecule has 2 amide bonds. The van der Waals surface area contributed by atoms with Crippen LogP contribution >= 0.6 is 0 Å². The molecule has 0 aliphatic heterocycles. The topological polar surface area (TPSA) is 121 Å². The maximum atomic E-state index is 12.3. The second-order valence-electron chi connectivity index (χ2n) is 8.55. The highest BCUT2D eigenvalue weighted by atomic mass is 16.6. The molecule has 0 aliphatic rings. The van der Waals surface area contributed by atoms with E-state index < -0.39 is 29.6 Å². The van der Waals surface area contributed by atoms with Gasteiger partial charge in [0.2, 0.25) is 5.91 Å². The molecule has 3 aromatic rings. The maximum Gasteiger partial charge on any atom is 0.412 e. The van der Waals surface area contributed by atoms with Crippen LogP contribution in [0.25, 0.3) is 17.0 Å². The number of aromatic amines is 1. The Morgan fingerprint density at radius 3 is 2.45 bits per heavy atom. The number of carbonyl (C=O) groups excluding carboxylic acids is 2. The highest BCUT2D eigenvalue weighted by molar-refractivity contribution is 5.95. The number of fused-ring (bicyclic) bond motifs is 1. The van der Waals surface area contributed by atoms with Crippen molar-refractivity contribution in [3.8, 4) is 0 Å². The Bertz CT molecular complexity index is 1170. The molecule has 3 rings (SSSR count). The summed E-state index contributed by atoms with van der Waals surface area (Å²) < 4.78 is 5.20. The Hall–Kier alpha value is -4.07. The number of carbonyl (C=O) groups is 3. The number of para-hydroxylation sites is 1. The summed E-state index contributed by atoms with van der Waals surface area (Å²) >= 11 is 0. The lowest BCUT2D eigenvalue weighted by molar-refractivity contribution is -0.141. The predicted octanol–water partition coefficient (Wildman–Crippen LogP) is 4.34. The first kappa shape index (κ1) is 23.6. The largest absolute Gasteiger partial charge is 0.480 e. The quantitative estimate of drug-likeness (QED) is 0.400. The van der Waals surface area contributed by atoms with Crippen molar-refractivity contribution >= 4 is 40.6 Å². The fourth-order valence-corrected chi connectivity index (χ4v) is 3.21. The Kier molecular flexibility index (Phi) is 7.17. The molecule has 1 unspecified atom stereocenters. The maximum absolute atomic E-state index is 12.3. The van der Waals surface area contributed by atoms with Crippen molar-refractivity contribution in [2.45, 2.75) is 38.8 Å². The van der Waals surface area contributed by atoms with E-state index in [0.717, 1.165) is 16.5 Å². The van der Waals surface area contributed by atoms with Gasteiger partial charge in [-0.25, -0.2) is 9.59 Å². The number of H-pyrrole nitrogens is 1. The number of nitrogens with one attached hydrogen (secondary N) is 3. The van der Waals surface area contributed by atoms with Gasteiger partial charge in [-0.2, -0.15) is 0 Å². The molecule has 0 radical (unpaired) electrons. The van der Waals surface area contributed by atoms with Crippen LogP contribution in [0.1, 0.15) is 31.9 Å². The minimum Gasteiger partial charge on any atom is -0.480 e. The van der Waals surface area contributed by atoms with Crippen LogP contribution in [-0.2, 0) is 20.7 Å². The second-order valence-corrected chi connectivity index (χ2v) is 8.55. The van der Waals surface area contributed by atoms with Crippen LogP contribution in [0.15, 0.2) is 60.8 Å². The highest BCUT2D eigenvalue weighted by Gasteiger charge is 2.21. The number of benzene rings is 2. The minimum atomic E-state index is -1.11. The lowest BCUT2D eigenvalue weighted by atomic mass is 10.0. The van der Waals surface area contributed by atoms with Gasteiger partial charge in [-0.15, -0.1) is 0 Å². The van der Waals surface area contributed by atoms with Crippen LogP contribution in [-0.4, -0.2) is 39.7 Å². The molecular formula is C25H27N3O5. The zero-order valence-electron chi connectivity index (χ0n) is 18.7. The van der Waals surface area contributed by atoms with Gasteiger partial charge in [0.25, 0.3) is 0 Å². The molecule has 0 saturated carbocycles. The van der Waals surface area contributed by atoms with E-state index in [0.29, 0.717) is 11.3 Å². The minimum absolute atomic E-state index is 0.157. The lowest BCUT2D eigenvalue weighted by Gasteiger charge is -2.19. The van der Waals surface area contributed by atoms with Gasteiger partial charge in [0.15, 0.2) is 0 Å². The number of amides is 2. The predicted molar refractivity (Wildman–Crippen MR) is 127 cm³/mol. The average Bonchev–Trinajstić information content (AvgIpc) is 3.14. The normalized spacial score (nSPS) is 12.5. The second kappa shape index (κ2) is 10.0. The van der Waals surface area contributed by atoms with Crippen molar-refractivity contribution in [3.63, 3.8) is 0 Å². The summed E-state index contributed by atoms with van der Waals surface area (Å²) in [5.74, 6) is -1.63. The standard InChI is InChI=1S/C25H27N3O5/c1-25(2,3)33-24(32)27-18-11-8-16(9-12-18)10-13-22(29)28-21(23(30)31)14-17-15-26-20-7-5-4-6-19(17)20/h4-13,15,21,26H,14H2,1-3H3,(H,27,32)(H,28,29)(H,30,31)/b13-10+. The van der Waals surface area contributed by atoms with Crippen LogP contribution < -0.4 is 10.6 Å². The molecule has 4 N–H and O–H groups in total. The van der Waals surface area contributed by atoms with Gasteiger partial charge in [0.05, 0.1) is 0 Å². The van der Waals surface area contributed by atoms with Crippen molar-refractivity contribution in [3.05, 3.63) is 71.9 Å². The van der Waals surface area contributed by atoms with Crippen LogP contribution in [0.2, 0.25) is 0 Å². The summed E-state index contributed by atoms with van der Waals surface area (Å²) in [6, 6.07) is 13.3. The zero-order chi connectivity index (χ0) is 24.0. The van der Waals surface area contributed by atoms with Gasteiger partial charge in [-0.3, -0.25) is 10.1 Å². The third-order valence-corrected chi connectivity index (χ3v) is 4.70. The van der Waals surface area contributed by atoms with E-state index in [1.54, 1.807) is 57.3 Å². The SMILES string of the molecule is CC(C)(C)OC(=O)Nc1ccc(/C=C/C(=O)NC(Cc2c[nH]c3ccccc23)C(=O)O)cc1. The molecule has 33 heavy (non-hydrogen) atoms. The molecule has 0 aliphatic carbocycles. The van der Waals surface area contributed by atoms with Crippen molar-refractivity contribution in [1.29, 1.82) is 0 Å². The van der Waals surface area contributed by atoms with Gasteiger partial charge in [0, 0.05) is 35.3 Å². The van der Waals surface area contributed by atoms with E-state index >= 15 is 0 Å². The molecule has 172 valence electrons. The molecular weight excluding hydrogens is 422 g/mol. The van der Waals surface area contributed by atoms with Gasteiger partial charge < -0.3 is 20.1 Å². The highest BCUT2D eigenvalue weighted by Crippen LogP contribution is 2.19. The summed E-state index contributed by atoms with van der Waals surface area (Å²) in [5.41, 5.74) is 2.39. The summed E-state index contributed by atoms with van der Waals surface area (Å²) in [5, 5.41) is 15.6. The van der Waals surface area contributed by atoms with E-state index in [2.05, 4.69) is 15.6 Å². The Morgan fingerprint density at radius 1 is 1.09 bits per heavy atom. The van der Waals surface area contributed by atoms with Crippen molar-refractivity contribution < 1.29 is 24.2 Å². The summed E-state index contributed by atoms with van der Waals surface area (Å²) in [6.45, 7) is 5.34. The molecule has 2 aromatic carbocycles. The molecule has 8 nitrogen and oxygen atoms in total. The number of hydrogen-bond donors (Lipinski definition) is 4. The summed E-state index contributed by atoms with van der Waals surface area (Å²) in [4.78, 5) is 38.9. The number of hydrogen-bond acceptors (Lipinski definition) is 4. The first-order chi connectivity index (χ1) is 15.6. The van der Waals surface area contributed by atoms with E-state index in [1.807, 2.05) is 24.3 Å². The fraction of sp³-hybridized carbons (Fsp3) is 0.240. The third-order valence-electron chi connectivity index (χ3n) is 4.70. The number of ether oxygens (including phenoxy) is 1. The summed E-state index contributed by atoms with van der Waals surface area (Å²) in [6.07, 6.45) is 4.21. The molecule has 0 bridgehead atoms. The van der Waals surface area contributed by atoms with E-state index in [9.17, 15) is 19.5 Å². The first-order valence-corrected chi connectivity index (χ1v) is 10.5. The average molecular weight is 450 g/mol. The molecule has 0 saturated heterocycles. The molecule has 1 aromatic heterocycles. The van der Waals surface area contributed by atoms with Crippen LogP contribution in [0.3, 0.4) is 0 Å². The van der Waals surface area contributed by atoms with Crippen molar-refractivity contribution in [1.82, 2.24) is 10.3 Å². The molecule has 8 heteroatoms. The molecule has 0 spiro atoms. The number of rotatable bonds is 7. The van der Waals surface area contributed by atoms with Gasteiger partial charge in [-0.05, 0) is 56.2 Å². The monoisotopic (exact) mass is 449 g/mol. The van der Waals surface area contributed by atoms with Gasteiger partial charge >= 0.3 is 12.1 Å². The van der Waals surface area contributed by atoms with Gasteiger partial charge in [-0.1, -0.05) is 30.3 Å². The summed E-state index contributed by atoms with van der Waals surface area (Å²) in [7, 11) is 0. The Balaban J connectivity index is 1.58. The van der Waals surface area contributed by atoms with E-state index in [1.165, 1.54) is 6.08 Å². The Labute approximate surface area is 191 Å². The smallest absolute Gasteiger partial charge is 0.412 e. The Morgan fingerprint density at radius 2 is 1.79 bits per heavy atom. The third kappa shape index (κ3) is 6.96. The number of aromatic nitrogens is 1. The zero-order valence-corrected chi connectivity index (χ0v) is 18.7. The lowest BCUT2D eigenvalue weighted by Crippen LogP contribution is -2.41. The number of carboxylic acids is 1. The van der Waals surface area contributed by atoms with Crippen molar-refractivity contribution in [2.75, 3.05) is 5.32 Å².